The van der Waals surface area contributed by atoms with Crippen molar-refractivity contribution in [1.82, 2.24) is 5.32 Å². The third-order valence-corrected chi connectivity index (χ3v) is 4.07. The fraction of sp³-hybridized carbons (Fsp3) is 0.647. The summed E-state index contributed by atoms with van der Waals surface area (Å²) in [7, 11) is 1.74. The van der Waals surface area contributed by atoms with Crippen LogP contribution in [0.2, 0.25) is 0 Å². The summed E-state index contributed by atoms with van der Waals surface area (Å²) in [5.41, 5.74) is 1.60. The van der Waals surface area contributed by atoms with Crippen LogP contribution in [-0.2, 0) is 0 Å². The minimum absolute atomic E-state index is 0.339. The lowest BCUT2D eigenvalue weighted by Gasteiger charge is -2.30. The summed E-state index contributed by atoms with van der Waals surface area (Å²) in [6, 6.07) is 8.65. The van der Waals surface area contributed by atoms with E-state index in [1.807, 2.05) is 12.1 Å². The summed E-state index contributed by atoms with van der Waals surface area (Å²) in [6.45, 7) is 12.4. The first-order chi connectivity index (χ1) is 8.90. The lowest BCUT2D eigenvalue weighted by molar-refractivity contribution is 0.243. The normalized spacial score (nSPS) is 15.1. The predicted molar refractivity (Wildman–Crippen MR) is 82.6 cm³/mol. The molecule has 0 saturated carbocycles. The molecule has 0 aliphatic rings. The lowest BCUT2D eigenvalue weighted by Crippen LogP contribution is -2.32. The monoisotopic (exact) mass is 263 g/mol. The molecule has 2 unspecified atom stereocenters. The van der Waals surface area contributed by atoms with Crippen LogP contribution in [0.3, 0.4) is 0 Å². The zero-order chi connectivity index (χ0) is 14.5. The van der Waals surface area contributed by atoms with Gasteiger partial charge in [0.15, 0.2) is 0 Å². The molecule has 108 valence electrons. The average molecular weight is 263 g/mol. The Balaban J connectivity index is 2.73. The van der Waals surface area contributed by atoms with Gasteiger partial charge in [-0.2, -0.15) is 0 Å². The Hall–Kier alpha value is -1.02. The molecule has 2 heteroatoms. The van der Waals surface area contributed by atoms with Crippen molar-refractivity contribution < 1.29 is 4.74 Å². The number of para-hydroxylation sites is 1. The Kier molecular flexibility index (Phi) is 5.86. The summed E-state index contributed by atoms with van der Waals surface area (Å²) in [4.78, 5) is 0. The van der Waals surface area contributed by atoms with Crippen molar-refractivity contribution in [2.45, 2.75) is 47.1 Å². The van der Waals surface area contributed by atoms with Crippen LogP contribution in [-0.4, -0.2) is 13.7 Å². The highest BCUT2D eigenvalue weighted by Crippen LogP contribution is 2.29. The van der Waals surface area contributed by atoms with Crippen LogP contribution >= 0.6 is 0 Å². The first kappa shape index (κ1) is 16.0. The number of rotatable bonds is 6. The molecule has 1 N–H and O–H groups in total. The summed E-state index contributed by atoms with van der Waals surface area (Å²) in [5, 5.41) is 3.69. The van der Waals surface area contributed by atoms with E-state index in [4.69, 9.17) is 4.74 Å². The molecule has 1 aromatic rings. The molecule has 0 aliphatic carbocycles. The third-order valence-electron chi connectivity index (χ3n) is 4.07. The zero-order valence-corrected chi connectivity index (χ0v) is 13.3. The molecule has 2 atom stereocenters. The first-order valence-electron chi connectivity index (χ1n) is 7.26. The fourth-order valence-electron chi connectivity index (χ4n) is 2.05. The van der Waals surface area contributed by atoms with Gasteiger partial charge in [-0.1, -0.05) is 52.8 Å². The molecule has 1 rings (SSSR count). The Bertz CT molecular complexity index is 381. The van der Waals surface area contributed by atoms with Crippen LogP contribution in [0.5, 0.6) is 5.75 Å². The highest BCUT2D eigenvalue weighted by molar-refractivity contribution is 5.35. The summed E-state index contributed by atoms with van der Waals surface area (Å²) in [6.07, 6.45) is 1.07. The maximum absolute atomic E-state index is 5.46. The zero-order valence-electron chi connectivity index (χ0n) is 13.3. The Labute approximate surface area is 118 Å². The van der Waals surface area contributed by atoms with Crippen molar-refractivity contribution in [2.75, 3.05) is 13.7 Å². The molecule has 0 radical (unpaired) electrons. The molecule has 0 heterocycles. The smallest absolute Gasteiger partial charge is 0.123 e. The van der Waals surface area contributed by atoms with E-state index >= 15 is 0 Å². The number of nitrogens with one attached hydrogen (secondary N) is 1. The number of ether oxygens (including phenoxy) is 1. The highest BCUT2D eigenvalue weighted by Gasteiger charge is 2.21. The van der Waals surface area contributed by atoms with Gasteiger partial charge < -0.3 is 10.1 Å². The third kappa shape index (κ3) is 4.54. The van der Waals surface area contributed by atoms with Gasteiger partial charge in [-0.15, -0.1) is 0 Å². The maximum atomic E-state index is 5.46. The molecular weight excluding hydrogens is 234 g/mol. The fourth-order valence-corrected chi connectivity index (χ4v) is 2.05. The number of hydrogen-bond donors (Lipinski definition) is 1. The molecule has 1 aromatic carbocycles. The first-order valence-corrected chi connectivity index (χ1v) is 7.26. The van der Waals surface area contributed by atoms with Gasteiger partial charge in [-0.25, -0.2) is 0 Å². The predicted octanol–water partition coefficient (Wildman–Crippen LogP) is 4.42. The Morgan fingerprint density at radius 2 is 1.84 bits per heavy atom. The van der Waals surface area contributed by atoms with Crippen LogP contribution in [0.4, 0.5) is 0 Å². The molecule has 0 spiro atoms. The minimum atomic E-state index is 0.339. The van der Waals surface area contributed by atoms with Crippen LogP contribution in [0.15, 0.2) is 24.3 Å². The second-order valence-corrected chi connectivity index (χ2v) is 6.38. The Morgan fingerprint density at radius 3 is 2.37 bits per heavy atom. The molecule has 2 nitrogen and oxygen atoms in total. The van der Waals surface area contributed by atoms with Gasteiger partial charge in [0.25, 0.3) is 0 Å². The highest BCUT2D eigenvalue weighted by atomic mass is 16.5. The topological polar surface area (TPSA) is 21.3 Å². The van der Waals surface area contributed by atoms with Crippen molar-refractivity contribution in [1.29, 1.82) is 0 Å². The second-order valence-electron chi connectivity index (χ2n) is 6.38. The standard InChI is InChI=1S/C17H29NO/c1-7-15(18-12-13(2)17(3,4)5)14-10-8-9-11-16(14)19-6/h8-11,13,15,18H,7,12H2,1-6H3. The average Bonchev–Trinajstić information content (AvgIpc) is 2.38. The van der Waals surface area contributed by atoms with Crippen molar-refractivity contribution in [2.24, 2.45) is 11.3 Å². The number of benzene rings is 1. The second kappa shape index (κ2) is 6.95. The van der Waals surface area contributed by atoms with E-state index < -0.39 is 0 Å². The van der Waals surface area contributed by atoms with E-state index in [0.717, 1.165) is 18.7 Å². The van der Waals surface area contributed by atoms with Crippen LogP contribution in [0, 0.1) is 11.3 Å². The van der Waals surface area contributed by atoms with Gasteiger partial charge in [0.2, 0.25) is 0 Å². The van der Waals surface area contributed by atoms with Crippen LogP contribution in [0.1, 0.15) is 52.6 Å². The maximum Gasteiger partial charge on any atom is 0.123 e. The molecule has 19 heavy (non-hydrogen) atoms. The molecule has 0 saturated heterocycles. The molecule has 0 aromatic heterocycles. The van der Waals surface area contributed by atoms with Crippen LogP contribution in [0.25, 0.3) is 0 Å². The van der Waals surface area contributed by atoms with Crippen molar-refractivity contribution in [3.63, 3.8) is 0 Å². The van der Waals surface area contributed by atoms with Gasteiger partial charge in [-0.3, -0.25) is 0 Å². The SMILES string of the molecule is CCC(NCC(C)C(C)(C)C)c1ccccc1OC. The van der Waals surface area contributed by atoms with Crippen molar-refractivity contribution in [3.05, 3.63) is 29.8 Å². The van der Waals surface area contributed by atoms with Gasteiger partial charge in [0.1, 0.15) is 5.75 Å². The molecule has 0 bridgehead atoms. The van der Waals surface area contributed by atoms with E-state index in [2.05, 4.69) is 52.1 Å². The van der Waals surface area contributed by atoms with Gasteiger partial charge in [0.05, 0.1) is 7.11 Å². The molecule has 0 amide bonds. The van der Waals surface area contributed by atoms with E-state index in [-0.39, 0.29) is 0 Å². The van der Waals surface area contributed by atoms with Crippen molar-refractivity contribution >= 4 is 0 Å². The largest absolute Gasteiger partial charge is 0.496 e. The summed E-state index contributed by atoms with van der Waals surface area (Å²) >= 11 is 0. The summed E-state index contributed by atoms with van der Waals surface area (Å²) in [5.74, 6) is 1.61. The van der Waals surface area contributed by atoms with Crippen LogP contribution < -0.4 is 10.1 Å². The van der Waals surface area contributed by atoms with Gasteiger partial charge >= 0.3 is 0 Å². The molecule has 0 aliphatic heterocycles. The quantitative estimate of drug-likeness (QED) is 0.820. The Morgan fingerprint density at radius 1 is 1.21 bits per heavy atom. The van der Waals surface area contributed by atoms with Gasteiger partial charge in [0, 0.05) is 11.6 Å². The molecular formula is C17H29NO. The summed E-state index contributed by atoms with van der Waals surface area (Å²) < 4.78 is 5.46. The number of hydrogen-bond acceptors (Lipinski definition) is 2. The number of methoxy groups -OCH3 is 1. The van der Waals surface area contributed by atoms with E-state index in [1.165, 1.54) is 5.56 Å². The van der Waals surface area contributed by atoms with E-state index in [9.17, 15) is 0 Å². The molecule has 0 fully saturated rings. The lowest BCUT2D eigenvalue weighted by atomic mass is 9.82. The minimum Gasteiger partial charge on any atom is -0.496 e. The van der Waals surface area contributed by atoms with Gasteiger partial charge in [-0.05, 0) is 30.4 Å². The van der Waals surface area contributed by atoms with E-state index in [1.54, 1.807) is 7.11 Å². The van der Waals surface area contributed by atoms with E-state index in [0.29, 0.717) is 17.4 Å². The van der Waals surface area contributed by atoms with Crippen molar-refractivity contribution in [3.8, 4) is 5.75 Å².